The first-order valence-corrected chi connectivity index (χ1v) is 10.5. The quantitative estimate of drug-likeness (QED) is 0.463. The lowest BCUT2D eigenvalue weighted by molar-refractivity contribution is -0.384. The maximum atomic E-state index is 13.1. The Balaban J connectivity index is 2.47. The summed E-state index contributed by atoms with van der Waals surface area (Å²) in [5.74, 6) is -4.21. The monoisotopic (exact) mass is 446 g/mol. The van der Waals surface area contributed by atoms with Crippen LogP contribution in [0.5, 0.6) is 0 Å². The Kier molecular flexibility index (Phi) is 7.43. The van der Waals surface area contributed by atoms with Crippen molar-refractivity contribution in [1.82, 2.24) is 0 Å². The molecule has 164 valence electrons. The highest BCUT2D eigenvalue weighted by Gasteiger charge is 2.31. The molecule has 30 heavy (non-hydrogen) atoms. The van der Waals surface area contributed by atoms with Crippen molar-refractivity contribution in [2.45, 2.75) is 30.6 Å². The molecule has 0 amide bonds. The Morgan fingerprint density at radius 2 is 1.70 bits per heavy atom. The molecule has 0 bridgehead atoms. The number of sulfone groups is 1. The summed E-state index contributed by atoms with van der Waals surface area (Å²) < 4.78 is 62.2. The largest absolute Gasteiger partial charge is 0.387 e. The van der Waals surface area contributed by atoms with Crippen LogP contribution in [0.1, 0.15) is 25.5 Å². The maximum absolute atomic E-state index is 13.1. The molecule has 0 saturated heterocycles. The maximum Gasteiger partial charge on any atom is 0.341 e. The lowest BCUT2D eigenvalue weighted by Gasteiger charge is -2.29. The molecule has 0 aromatic heterocycles. The first kappa shape index (κ1) is 23.6. The van der Waals surface area contributed by atoms with Gasteiger partial charge >= 0.3 is 5.76 Å². The number of aliphatic hydroxyl groups is 1. The third-order valence-electron chi connectivity index (χ3n) is 4.28. The van der Waals surface area contributed by atoms with Crippen LogP contribution in [0.2, 0.25) is 0 Å². The number of alkyl halides is 2. The van der Waals surface area contributed by atoms with E-state index < -0.39 is 43.0 Å². The van der Waals surface area contributed by atoms with Gasteiger partial charge in [-0.1, -0.05) is 26.0 Å². The molecule has 0 saturated carbocycles. The number of anilines is 1. The van der Waals surface area contributed by atoms with Crippen LogP contribution in [0.4, 0.5) is 24.5 Å². The number of aliphatic hydroxyl groups excluding tert-OH is 1. The van der Waals surface area contributed by atoms with Crippen LogP contribution in [0.3, 0.4) is 0 Å². The van der Waals surface area contributed by atoms with E-state index in [2.05, 4.69) is 0 Å². The van der Waals surface area contributed by atoms with Crippen molar-refractivity contribution in [3.63, 3.8) is 0 Å². The summed E-state index contributed by atoms with van der Waals surface area (Å²) in [6.07, 6.45) is -1.13. The van der Waals surface area contributed by atoms with E-state index in [1.54, 1.807) is 0 Å². The molecular weight excluding hydrogens is 425 g/mol. The summed E-state index contributed by atoms with van der Waals surface area (Å²) in [4.78, 5) is 11.3. The summed E-state index contributed by atoms with van der Waals surface area (Å²) in [7, 11) is -5.01. The number of nitro groups is 1. The average molecular weight is 446 g/mol. The molecular formula is C19H21F3N2O5S. The molecule has 2 aromatic carbocycles. The zero-order valence-corrected chi connectivity index (χ0v) is 17.0. The van der Waals surface area contributed by atoms with E-state index in [9.17, 15) is 36.8 Å². The third kappa shape index (κ3) is 5.48. The minimum Gasteiger partial charge on any atom is -0.387 e. The van der Waals surface area contributed by atoms with Crippen LogP contribution in [-0.2, 0) is 9.84 Å². The Morgan fingerprint density at radius 1 is 1.10 bits per heavy atom. The first-order chi connectivity index (χ1) is 13.9. The Hall–Kier alpha value is -2.66. The molecule has 1 N–H and O–H groups in total. The van der Waals surface area contributed by atoms with Crippen molar-refractivity contribution in [2.75, 3.05) is 18.0 Å². The normalized spacial score (nSPS) is 12.9. The van der Waals surface area contributed by atoms with Gasteiger partial charge in [-0.05, 0) is 35.7 Å². The van der Waals surface area contributed by atoms with Crippen molar-refractivity contribution in [3.05, 3.63) is 64.0 Å². The first-order valence-electron chi connectivity index (χ1n) is 8.92. The number of hydrogen-bond acceptors (Lipinski definition) is 6. The lowest BCUT2D eigenvalue weighted by atomic mass is 10.1. The van der Waals surface area contributed by atoms with E-state index in [0.717, 1.165) is 24.3 Å². The van der Waals surface area contributed by atoms with E-state index in [1.807, 2.05) is 13.8 Å². The Labute approximate surface area is 171 Å². The van der Waals surface area contributed by atoms with E-state index in [-0.39, 0.29) is 24.7 Å². The van der Waals surface area contributed by atoms with Gasteiger partial charge in [-0.15, -0.1) is 0 Å². The zero-order chi connectivity index (χ0) is 22.6. The van der Waals surface area contributed by atoms with Crippen LogP contribution in [0.25, 0.3) is 0 Å². The lowest BCUT2D eigenvalue weighted by Crippen LogP contribution is -2.32. The molecule has 0 heterocycles. The summed E-state index contributed by atoms with van der Waals surface area (Å²) in [5, 5.41) is 22.1. The van der Waals surface area contributed by atoms with Crippen LogP contribution < -0.4 is 4.90 Å². The van der Waals surface area contributed by atoms with E-state index in [4.69, 9.17) is 0 Å². The van der Waals surface area contributed by atoms with Gasteiger partial charge < -0.3 is 10.0 Å². The highest BCUT2D eigenvalue weighted by molar-refractivity contribution is 7.91. The van der Waals surface area contributed by atoms with Gasteiger partial charge in [0, 0.05) is 19.2 Å². The molecule has 1 atom stereocenters. The number of rotatable bonds is 9. The number of nitrogens with zero attached hydrogens (tertiary/aromatic N) is 2. The molecule has 0 aliphatic heterocycles. The second-order valence-corrected chi connectivity index (χ2v) is 9.00. The SMILES string of the molecule is CC(C)CN(CC(O)c1ccc(F)cc1)c1ccc(S(=O)(=O)C(F)F)cc1[N+](=O)[O-]. The van der Waals surface area contributed by atoms with Crippen molar-refractivity contribution in [1.29, 1.82) is 0 Å². The van der Waals surface area contributed by atoms with Crippen LogP contribution in [0.15, 0.2) is 47.4 Å². The molecule has 11 heteroatoms. The summed E-state index contributed by atoms with van der Waals surface area (Å²) in [6, 6.07) is 7.62. The van der Waals surface area contributed by atoms with Gasteiger partial charge in [0.25, 0.3) is 5.69 Å². The number of halogens is 3. The standard InChI is InChI=1S/C19H21F3N2O5S/c1-12(2)10-23(11-18(25)13-3-5-14(20)6-4-13)16-8-7-15(9-17(16)24(26)27)30(28,29)19(21)22/h3-9,12,18-19,25H,10-11H2,1-2H3. The molecule has 0 aliphatic rings. The second-order valence-electron chi connectivity index (χ2n) is 7.08. The predicted octanol–water partition coefficient (Wildman–Crippen LogP) is 3.93. The van der Waals surface area contributed by atoms with Crippen molar-refractivity contribution >= 4 is 21.2 Å². The van der Waals surface area contributed by atoms with Crippen LogP contribution in [-0.4, -0.2) is 37.3 Å². The summed E-state index contributed by atoms with van der Waals surface area (Å²) in [5.41, 5.74) is -0.323. The molecule has 2 rings (SSSR count). The highest BCUT2D eigenvalue weighted by Crippen LogP contribution is 2.34. The molecule has 0 fully saturated rings. The Bertz CT molecular complexity index is 998. The second kappa shape index (κ2) is 9.43. The number of benzene rings is 2. The van der Waals surface area contributed by atoms with Gasteiger partial charge in [-0.3, -0.25) is 10.1 Å². The third-order valence-corrected chi connectivity index (χ3v) is 5.66. The number of nitro benzene ring substituents is 1. The van der Waals surface area contributed by atoms with Gasteiger partial charge in [0.1, 0.15) is 11.5 Å². The van der Waals surface area contributed by atoms with Gasteiger partial charge in [0.2, 0.25) is 9.84 Å². The zero-order valence-electron chi connectivity index (χ0n) is 16.2. The van der Waals surface area contributed by atoms with Crippen molar-refractivity contribution in [3.8, 4) is 0 Å². The molecule has 2 aromatic rings. The topological polar surface area (TPSA) is 101 Å². The fourth-order valence-electron chi connectivity index (χ4n) is 2.91. The summed E-state index contributed by atoms with van der Waals surface area (Å²) in [6.45, 7) is 3.79. The van der Waals surface area contributed by atoms with Gasteiger partial charge in [-0.2, -0.15) is 8.78 Å². The minimum absolute atomic E-state index is 0.00510. The predicted molar refractivity (Wildman–Crippen MR) is 105 cm³/mol. The van der Waals surface area contributed by atoms with Gasteiger partial charge in [0.15, 0.2) is 0 Å². The van der Waals surface area contributed by atoms with Crippen LogP contribution in [0, 0.1) is 21.8 Å². The van der Waals surface area contributed by atoms with Crippen molar-refractivity contribution < 1.29 is 31.6 Å². The molecule has 0 spiro atoms. The molecule has 0 aliphatic carbocycles. The molecule has 7 nitrogen and oxygen atoms in total. The molecule has 0 radical (unpaired) electrons. The van der Waals surface area contributed by atoms with E-state index in [1.165, 1.54) is 17.0 Å². The van der Waals surface area contributed by atoms with Crippen LogP contribution >= 0.6 is 0 Å². The van der Waals surface area contributed by atoms with E-state index in [0.29, 0.717) is 11.6 Å². The minimum atomic E-state index is -5.01. The smallest absolute Gasteiger partial charge is 0.341 e. The van der Waals surface area contributed by atoms with Gasteiger partial charge in [-0.25, -0.2) is 12.8 Å². The van der Waals surface area contributed by atoms with Crippen molar-refractivity contribution in [2.24, 2.45) is 5.92 Å². The molecule has 1 unspecified atom stereocenters. The Morgan fingerprint density at radius 3 is 2.20 bits per heavy atom. The fourth-order valence-corrected chi connectivity index (χ4v) is 3.65. The number of hydrogen-bond donors (Lipinski definition) is 1. The van der Waals surface area contributed by atoms with Gasteiger partial charge in [0.05, 0.1) is 15.9 Å². The summed E-state index contributed by atoms with van der Waals surface area (Å²) >= 11 is 0. The average Bonchev–Trinajstić information content (AvgIpc) is 2.66. The highest BCUT2D eigenvalue weighted by atomic mass is 32.2. The van der Waals surface area contributed by atoms with E-state index >= 15 is 0 Å². The fraction of sp³-hybridized carbons (Fsp3) is 0.368.